The SMILES string of the molecule is CC1CN(Cc2ccccc2)CCC1(O)c1cc(F)cc2ccoc12. The number of likely N-dealkylation sites (tertiary alicyclic amines) is 1. The van der Waals surface area contributed by atoms with Gasteiger partial charge in [-0.3, -0.25) is 4.90 Å². The van der Waals surface area contributed by atoms with E-state index in [4.69, 9.17) is 4.42 Å². The molecule has 0 aliphatic carbocycles. The minimum Gasteiger partial charge on any atom is -0.464 e. The van der Waals surface area contributed by atoms with Crippen LogP contribution in [0.5, 0.6) is 0 Å². The van der Waals surface area contributed by atoms with Crippen molar-refractivity contribution >= 4 is 11.0 Å². The van der Waals surface area contributed by atoms with E-state index in [9.17, 15) is 9.50 Å². The van der Waals surface area contributed by atoms with Crippen LogP contribution in [0.4, 0.5) is 4.39 Å². The van der Waals surface area contributed by atoms with Crippen molar-refractivity contribution in [3.8, 4) is 0 Å². The standard InChI is InChI=1S/C21H22FNO2/c1-15-13-23(14-16-5-3-2-4-6-16)9-8-21(15,24)19-12-18(22)11-17-7-10-25-20(17)19/h2-7,10-12,15,24H,8-9,13-14H2,1H3. The van der Waals surface area contributed by atoms with Gasteiger partial charge in [-0.15, -0.1) is 0 Å². The number of rotatable bonds is 3. The minimum atomic E-state index is -1.08. The number of benzene rings is 2. The third-order valence-electron chi connectivity index (χ3n) is 5.39. The maximum Gasteiger partial charge on any atom is 0.140 e. The maximum atomic E-state index is 14.0. The molecule has 3 nitrogen and oxygen atoms in total. The van der Waals surface area contributed by atoms with E-state index in [0.717, 1.165) is 19.6 Å². The second-order valence-electron chi connectivity index (χ2n) is 7.09. The Morgan fingerprint density at radius 1 is 1.24 bits per heavy atom. The molecular formula is C21H22FNO2. The summed E-state index contributed by atoms with van der Waals surface area (Å²) in [7, 11) is 0. The van der Waals surface area contributed by atoms with Crippen LogP contribution >= 0.6 is 0 Å². The van der Waals surface area contributed by atoms with Crippen molar-refractivity contribution in [3.05, 3.63) is 71.7 Å². The second-order valence-corrected chi connectivity index (χ2v) is 7.09. The summed E-state index contributed by atoms with van der Waals surface area (Å²) in [5.74, 6) is -0.365. The van der Waals surface area contributed by atoms with E-state index in [1.54, 1.807) is 12.3 Å². The molecule has 4 rings (SSSR count). The molecule has 1 aromatic heterocycles. The Hall–Kier alpha value is -2.17. The van der Waals surface area contributed by atoms with Crippen molar-refractivity contribution in [2.45, 2.75) is 25.5 Å². The van der Waals surface area contributed by atoms with Crippen LogP contribution in [-0.4, -0.2) is 23.1 Å². The lowest BCUT2D eigenvalue weighted by atomic mass is 9.76. The van der Waals surface area contributed by atoms with Crippen LogP contribution in [0.1, 0.15) is 24.5 Å². The van der Waals surface area contributed by atoms with Gasteiger partial charge in [0.2, 0.25) is 0 Å². The molecule has 25 heavy (non-hydrogen) atoms. The van der Waals surface area contributed by atoms with Crippen LogP contribution in [0.2, 0.25) is 0 Å². The summed E-state index contributed by atoms with van der Waals surface area (Å²) in [6.07, 6.45) is 2.10. The molecule has 0 amide bonds. The summed E-state index contributed by atoms with van der Waals surface area (Å²) in [6, 6.07) is 14.9. The van der Waals surface area contributed by atoms with E-state index >= 15 is 0 Å². The Bertz CT molecular complexity index is 876. The number of hydrogen-bond donors (Lipinski definition) is 1. The largest absolute Gasteiger partial charge is 0.464 e. The van der Waals surface area contributed by atoms with Gasteiger partial charge in [0.25, 0.3) is 0 Å². The number of halogens is 1. The molecule has 2 atom stereocenters. The van der Waals surface area contributed by atoms with E-state index in [-0.39, 0.29) is 11.7 Å². The Morgan fingerprint density at radius 2 is 2.04 bits per heavy atom. The van der Waals surface area contributed by atoms with Crippen LogP contribution in [0.25, 0.3) is 11.0 Å². The lowest BCUT2D eigenvalue weighted by molar-refractivity contribution is -0.0724. The molecule has 1 N–H and O–H groups in total. The molecule has 2 aromatic carbocycles. The molecule has 4 heteroatoms. The highest BCUT2D eigenvalue weighted by Gasteiger charge is 2.42. The number of fused-ring (bicyclic) bond motifs is 1. The lowest BCUT2D eigenvalue weighted by Crippen LogP contribution is -2.48. The summed E-state index contributed by atoms with van der Waals surface area (Å²) in [5.41, 5.74) is 1.34. The van der Waals surface area contributed by atoms with Crippen molar-refractivity contribution in [2.75, 3.05) is 13.1 Å². The summed E-state index contributed by atoms with van der Waals surface area (Å²) in [5, 5.41) is 12.1. The molecule has 0 spiro atoms. The van der Waals surface area contributed by atoms with Gasteiger partial charge in [0.05, 0.1) is 11.9 Å². The molecule has 0 radical (unpaired) electrons. The van der Waals surface area contributed by atoms with Crippen LogP contribution in [0, 0.1) is 11.7 Å². The first-order valence-corrected chi connectivity index (χ1v) is 8.72. The fourth-order valence-corrected chi connectivity index (χ4v) is 3.96. The lowest BCUT2D eigenvalue weighted by Gasteiger charge is -2.43. The molecule has 1 fully saturated rings. The summed E-state index contributed by atoms with van der Waals surface area (Å²) in [4.78, 5) is 2.34. The molecule has 3 aromatic rings. The van der Waals surface area contributed by atoms with Crippen LogP contribution in [0.15, 0.2) is 59.2 Å². The highest BCUT2D eigenvalue weighted by Crippen LogP contribution is 2.41. The van der Waals surface area contributed by atoms with E-state index < -0.39 is 5.60 Å². The fourth-order valence-electron chi connectivity index (χ4n) is 3.96. The van der Waals surface area contributed by atoms with E-state index in [0.29, 0.717) is 23.0 Å². The van der Waals surface area contributed by atoms with Crippen LogP contribution in [0.3, 0.4) is 0 Å². The van der Waals surface area contributed by atoms with Crippen LogP contribution in [-0.2, 0) is 12.1 Å². The predicted octanol–water partition coefficient (Wildman–Crippen LogP) is 4.30. The first-order valence-electron chi connectivity index (χ1n) is 8.72. The van der Waals surface area contributed by atoms with Gasteiger partial charge in [0.15, 0.2) is 0 Å². The molecule has 2 unspecified atom stereocenters. The molecule has 1 aliphatic rings. The van der Waals surface area contributed by atoms with Crippen molar-refractivity contribution in [2.24, 2.45) is 5.92 Å². The molecule has 2 heterocycles. The molecule has 1 aliphatic heterocycles. The quantitative estimate of drug-likeness (QED) is 0.773. The monoisotopic (exact) mass is 339 g/mol. The maximum absolute atomic E-state index is 14.0. The topological polar surface area (TPSA) is 36.6 Å². The number of hydrogen-bond acceptors (Lipinski definition) is 3. The van der Waals surface area contributed by atoms with Crippen molar-refractivity contribution in [3.63, 3.8) is 0 Å². The number of nitrogens with zero attached hydrogens (tertiary/aromatic N) is 1. The Morgan fingerprint density at radius 3 is 2.80 bits per heavy atom. The zero-order valence-corrected chi connectivity index (χ0v) is 14.3. The number of piperidine rings is 1. The Kier molecular flexibility index (Phi) is 4.10. The third kappa shape index (κ3) is 2.96. The molecule has 0 saturated carbocycles. The fraction of sp³-hybridized carbons (Fsp3) is 0.333. The zero-order chi connectivity index (χ0) is 17.4. The molecule has 130 valence electrons. The van der Waals surface area contributed by atoms with E-state index in [1.807, 2.05) is 25.1 Å². The normalized spacial score (nSPS) is 24.7. The summed E-state index contributed by atoms with van der Waals surface area (Å²) < 4.78 is 19.6. The minimum absolute atomic E-state index is 0.0277. The zero-order valence-electron chi connectivity index (χ0n) is 14.3. The summed E-state index contributed by atoms with van der Waals surface area (Å²) in [6.45, 7) is 4.40. The smallest absolute Gasteiger partial charge is 0.140 e. The molecule has 1 saturated heterocycles. The van der Waals surface area contributed by atoms with Gasteiger partial charge in [0, 0.05) is 36.5 Å². The van der Waals surface area contributed by atoms with Crippen molar-refractivity contribution < 1.29 is 13.9 Å². The van der Waals surface area contributed by atoms with Gasteiger partial charge in [-0.25, -0.2) is 4.39 Å². The van der Waals surface area contributed by atoms with E-state index in [1.165, 1.54) is 17.7 Å². The summed E-state index contributed by atoms with van der Waals surface area (Å²) >= 11 is 0. The van der Waals surface area contributed by atoms with Gasteiger partial charge in [-0.1, -0.05) is 37.3 Å². The van der Waals surface area contributed by atoms with Gasteiger partial charge in [-0.2, -0.15) is 0 Å². The van der Waals surface area contributed by atoms with E-state index in [2.05, 4.69) is 17.0 Å². The highest BCUT2D eigenvalue weighted by molar-refractivity contribution is 5.81. The third-order valence-corrected chi connectivity index (χ3v) is 5.39. The Labute approximate surface area is 146 Å². The van der Waals surface area contributed by atoms with Gasteiger partial charge in [0.1, 0.15) is 11.4 Å². The average Bonchev–Trinajstić information content (AvgIpc) is 3.06. The van der Waals surface area contributed by atoms with Gasteiger partial charge < -0.3 is 9.52 Å². The Balaban J connectivity index is 1.60. The highest BCUT2D eigenvalue weighted by atomic mass is 19.1. The molecular weight excluding hydrogens is 317 g/mol. The molecule has 0 bridgehead atoms. The number of aliphatic hydroxyl groups is 1. The second kappa shape index (κ2) is 6.28. The first kappa shape index (κ1) is 16.3. The van der Waals surface area contributed by atoms with Crippen molar-refractivity contribution in [1.29, 1.82) is 0 Å². The first-order chi connectivity index (χ1) is 12.1. The van der Waals surface area contributed by atoms with Crippen molar-refractivity contribution in [1.82, 2.24) is 4.90 Å². The van der Waals surface area contributed by atoms with Crippen LogP contribution < -0.4 is 0 Å². The number of furan rings is 1. The van der Waals surface area contributed by atoms with Gasteiger partial charge >= 0.3 is 0 Å². The predicted molar refractivity (Wildman–Crippen MR) is 95.6 cm³/mol. The van der Waals surface area contributed by atoms with Gasteiger partial charge in [-0.05, 0) is 30.2 Å². The average molecular weight is 339 g/mol.